The molecule has 1 N–H and O–H groups in total. The van der Waals surface area contributed by atoms with Gasteiger partial charge in [0.2, 0.25) is 10.0 Å². The van der Waals surface area contributed by atoms with Crippen LogP contribution in [0.3, 0.4) is 0 Å². The Kier molecular flexibility index (Phi) is 5.56. The first-order valence-electron chi connectivity index (χ1n) is 9.38. The molecule has 152 valence electrons. The topological polar surface area (TPSA) is 76.9 Å². The van der Waals surface area contributed by atoms with Crippen molar-refractivity contribution in [3.8, 4) is 11.4 Å². The fourth-order valence-corrected chi connectivity index (χ4v) is 4.90. The van der Waals surface area contributed by atoms with Crippen molar-refractivity contribution in [1.82, 2.24) is 14.8 Å². The van der Waals surface area contributed by atoms with E-state index in [4.69, 9.17) is 11.6 Å². The summed E-state index contributed by atoms with van der Waals surface area (Å²) in [6.45, 7) is 0.724. The number of aryl methyl sites for hydroxylation is 1. The van der Waals surface area contributed by atoms with Gasteiger partial charge in [0.1, 0.15) is 11.6 Å². The van der Waals surface area contributed by atoms with Gasteiger partial charge in [0.25, 0.3) is 0 Å². The first kappa shape index (κ1) is 19.8. The van der Waals surface area contributed by atoms with Crippen LogP contribution in [-0.2, 0) is 28.7 Å². The summed E-state index contributed by atoms with van der Waals surface area (Å²) in [7, 11) is -3.70. The SMILES string of the molecule is O=S(=O)(Cc1cccc(Cl)c1)Nc1ccc(F)c(-c2nnc3n2CCCCC3)c1. The minimum atomic E-state index is -3.70. The van der Waals surface area contributed by atoms with Gasteiger partial charge in [-0.25, -0.2) is 12.8 Å². The van der Waals surface area contributed by atoms with Gasteiger partial charge < -0.3 is 4.57 Å². The number of nitrogens with one attached hydrogen (secondary N) is 1. The monoisotopic (exact) mass is 434 g/mol. The summed E-state index contributed by atoms with van der Waals surface area (Å²) in [5, 5.41) is 8.83. The maximum Gasteiger partial charge on any atom is 0.236 e. The second-order valence-electron chi connectivity index (χ2n) is 7.09. The predicted octanol–water partition coefficient (Wildman–Crippen LogP) is 4.41. The van der Waals surface area contributed by atoms with Gasteiger partial charge in [-0.05, 0) is 48.7 Å². The van der Waals surface area contributed by atoms with E-state index in [0.29, 0.717) is 16.4 Å². The van der Waals surface area contributed by atoms with Crippen LogP contribution in [0, 0.1) is 5.82 Å². The van der Waals surface area contributed by atoms with Crippen molar-refractivity contribution in [2.24, 2.45) is 0 Å². The average molecular weight is 435 g/mol. The van der Waals surface area contributed by atoms with Crippen LogP contribution in [0.1, 0.15) is 30.7 Å². The Bertz CT molecular complexity index is 1150. The molecule has 1 aliphatic rings. The zero-order valence-electron chi connectivity index (χ0n) is 15.6. The van der Waals surface area contributed by atoms with Crippen molar-refractivity contribution in [1.29, 1.82) is 0 Å². The normalized spacial score (nSPS) is 14.3. The van der Waals surface area contributed by atoms with E-state index in [1.807, 2.05) is 4.57 Å². The van der Waals surface area contributed by atoms with Crippen LogP contribution in [0.5, 0.6) is 0 Å². The minimum absolute atomic E-state index is 0.230. The molecule has 0 unspecified atom stereocenters. The van der Waals surface area contributed by atoms with Gasteiger partial charge in [0, 0.05) is 23.7 Å². The number of fused-ring (bicyclic) bond motifs is 1. The number of aromatic nitrogens is 3. The number of halogens is 2. The van der Waals surface area contributed by atoms with Gasteiger partial charge in [-0.3, -0.25) is 4.72 Å². The molecule has 0 atom stereocenters. The van der Waals surface area contributed by atoms with Crippen LogP contribution in [0.2, 0.25) is 5.02 Å². The van der Waals surface area contributed by atoms with E-state index in [1.165, 1.54) is 18.2 Å². The molecule has 0 radical (unpaired) electrons. The van der Waals surface area contributed by atoms with Gasteiger partial charge in [-0.15, -0.1) is 10.2 Å². The maximum absolute atomic E-state index is 14.6. The molecule has 4 rings (SSSR count). The van der Waals surface area contributed by atoms with Crippen molar-refractivity contribution < 1.29 is 12.8 Å². The molecule has 0 saturated carbocycles. The third-order valence-corrected chi connectivity index (χ3v) is 6.33. The third kappa shape index (κ3) is 4.59. The fraction of sp³-hybridized carbons (Fsp3) is 0.300. The summed E-state index contributed by atoms with van der Waals surface area (Å²) >= 11 is 5.93. The molecule has 2 aromatic carbocycles. The Balaban J connectivity index is 1.61. The minimum Gasteiger partial charge on any atom is -0.311 e. The van der Waals surface area contributed by atoms with Crippen molar-refractivity contribution in [2.45, 2.75) is 38.0 Å². The molecule has 29 heavy (non-hydrogen) atoms. The average Bonchev–Trinajstić information content (AvgIpc) is 2.90. The summed E-state index contributed by atoms with van der Waals surface area (Å²) in [4.78, 5) is 0. The molecule has 0 bridgehead atoms. The van der Waals surface area contributed by atoms with E-state index < -0.39 is 15.8 Å². The highest BCUT2D eigenvalue weighted by atomic mass is 35.5. The molecule has 1 aromatic heterocycles. The van der Waals surface area contributed by atoms with Crippen molar-refractivity contribution in [2.75, 3.05) is 4.72 Å². The van der Waals surface area contributed by atoms with Crippen molar-refractivity contribution in [3.05, 3.63) is 64.7 Å². The third-order valence-electron chi connectivity index (χ3n) is 4.84. The van der Waals surface area contributed by atoms with Crippen LogP contribution >= 0.6 is 11.6 Å². The number of hydrogen-bond donors (Lipinski definition) is 1. The van der Waals surface area contributed by atoms with Crippen LogP contribution in [-0.4, -0.2) is 23.2 Å². The molecule has 0 saturated heterocycles. The molecule has 9 heteroatoms. The second-order valence-corrected chi connectivity index (χ2v) is 9.25. The Hall–Kier alpha value is -2.45. The molecular weight excluding hydrogens is 415 g/mol. The molecule has 1 aliphatic heterocycles. The molecule has 0 aliphatic carbocycles. The highest BCUT2D eigenvalue weighted by Crippen LogP contribution is 2.28. The van der Waals surface area contributed by atoms with E-state index >= 15 is 0 Å². The Morgan fingerprint density at radius 2 is 1.97 bits per heavy atom. The van der Waals surface area contributed by atoms with Crippen LogP contribution in [0.4, 0.5) is 10.1 Å². The largest absolute Gasteiger partial charge is 0.311 e. The van der Waals surface area contributed by atoms with Crippen LogP contribution in [0.15, 0.2) is 42.5 Å². The lowest BCUT2D eigenvalue weighted by molar-refractivity contribution is 0.600. The highest BCUT2D eigenvalue weighted by Gasteiger charge is 2.20. The fourth-order valence-electron chi connectivity index (χ4n) is 3.51. The van der Waals surface area contributed by atoms with Gasteiger partial charge in [0.05, 0.1) is 11.3 Å². The molecule has 2 heterocycles. The summed E-state index contributed by atoms with van der Waals surface area (Å²) in [5.74, 6) is 0.557. The lowest BCUT2D eigenvalue weighted by Crippen LogP contribution is -2.15. The zero-order chi connectivity index (χ0) is 20.4. The van der Waals surface area contributed by atoms with Crippen LogP contribution in [0.25, 0.3) is 11.4 Å². The Morgan fingerprint density at radius 1 is 1.10 bits per heavy atom. The summed E-state index contributed by atoms with van der Waals surface area (Å²) in [5.41, 5.74) is 1.07. The van der Waals surface area contributed by atoms with E-state index in [-0.39, 0.29) is 17.0 Å². The first-order chi connectivity index (χ1) is 13.9. The maximum atomic E-state index is 14.6. The van der Waals surface area contributed by atoms with E-state index in [1.54, 1.807) is 24.3 Å². The van der Waals surface area contributed by atoms with Crippen molar-refractivity contribution in [3.63, 3.8) is 0 Å². The Morgan fingerprint density at radius 3 is 2.79 bits per heavy atom. The summed E-state index contributed by atoms with van der Waals surface area (Å²) < 4.78 is 44.1. The van der Waals surface area contributed by atoms with Gasteiger partial charge in [-0.2, -0.15) is 0 Å². The number of sulfonamides is 1. The summed E-state index contributed by atoms with van der Waals surface area (Å²) in [6.07, 6.45) is 3.91. The zero-order valence-corrected chi connectivity index (χ0v) is 17.2. The molecule has 6 nitrogen and oxygen atoms in total. The van der Waals surface area contributed by atoms with Crippen LogP contribution < -0.4 is 4.72 Å². The highest BCUT2D eigenvalue weighted by molar-refractivity contribution is 7.91. The molecule has 0 amide bonds. The first-order valence-corrected chi connectivity index (χ1v) is 11.4. The second kappa shape index (κ2) is 8.12. The van der Waals surface area contributed by atoms with Gasteiger partial charge >= 0.3 is 0 Å². The quantitative estimate of drug-likeness (QED) is 0.645. The van der Waals surface area contributed by atoms with Gasteiger partial charge in [0.15, 0.2) is 5.82 Å². The molecule has 0 fully saturated rings. The smallest absolute Gasteiger partial charge is 0.236 e. The number of hydrogen-bond acceptors (Lipinski definition) is 4. The number of anilines is 1. The standard InChI is InChI=1S/C20H20ClFN4O2S/c21-15-6-4-5-14(11-15)13-29(27,28)25-16-8-9-18(22)17(12-16)20-24-23-19-7-2-1-3-10-26(19)20/h4-6,8-9,11-12,25H,1-3,7,10,13H2. The Labute approximate surface area is 173 Å². The van der Waals surface area contributed by atoms with E-state index in [2.05, 4.69) is 14.9 Å². The molecule has 0 spiro atoms. The number of rotatable bonds is 5. The lowest BCUT2D eigenvalue weighted by atomic mass is 10.1. The van der Waals surface area contributed by atoms with E-state index in [0.717, 1.165) is 38.1 Å². The number of nitrogens with zero attached hydrogens (tertiary/aromatic N) is 3. The molecular formula is C20H20ClFN4O2S. The summed E-state index contributed by atoms with van der Waals surface area (Å²) in [6, 6.07) is 10.8. The lowest BCUT2D eigenvalue weighted by Gasteiger charge is -2.12. The number of benzene rings is 2. The van der Waals surface area contributed by atoms with Crippen molar-refractivity contribution >= 4 is 27.3 Å². The predicted molar refractivity (Wildman–Crippen MR) is 111 cm³/mol. The molecule has 3 aromatic rings. The van der Waals surface area contributed by atoms with Gasteiger partial charge in [-0.1, -0.05) is 30.2 Å². The van der Waals surface area contributed by atoms with E-state index in [9.17, 15) is 12.8 Å².